The Kier molecular flexibility index (Phi) is 6.12. The molecule has 0 heterocycles. The Hall–Kier alpha value is -1.44. The van der Waals surface area contributed by atoms with Gasteiger partial charge in [0.2, 0.25) is 10.0 Å². The summed E-state index contributed by atoms with van der Waals surface area (Å²) in [5.41, 5.74) is 0.516. The lowest BCUT2D eigenvalue weighted by atomic mass is 10.1. The number of sulfonamides is 1. The van der Waals surface area contributed by atoms with Crippen molar-refractivity contribution in [2.24, 2.45) is 0 Å². The van der Waals surface area contributed by atoms with E-state index in [0.29, 0.717) is 24.8 Å². The summed E-state index contributed by atoms with van der Waals surface area (Å²) in [6, 6.07) is 4.09. The molecule has 20 heavy (non-hydrogen) atoms. The third-order valence-electron chi connectivity index (χ3n) is 2.86. The molecule has 0 spiro atoms. The van der Waals surface area contributed by atoms with Gasteiger partial charge in [0.05, 0.1) is 10.5 Å². The van der Waals surface area contributed by atoms with Crippen LogP contribution >= 0.6 is 0 Å². The Labute approximate surface area is 118 Å². The van der Waals surface area contributed by atoms with Crippen LogP contribution in [0.25, 0.3) is 0 Å². The largest absolute Gasteiger partial charge is 0.478 e. The number of nitrogens with one attached hydrogen (secondary N) is 1. The lowest BCUT2D eigenvalue weighted by molar-refractivity contribution is 0.0696. The van der Waals surface area contributed by atoms with Crippen LogP contribution in [-0.4, -0.2) is 37.8 Å². The highest BCUT2D eigenvalue weighted by atomic mass is 32.2. The molecule has 6 nitrogen and oxygen atoms in total. The van der Waals surface area contributed by atoms with E-state index in [1.807, 2.05) is 0 Å². The number of hydrogen-bond donors (Lipinski definition) is 3. The van der Waals surface area contributed by atoms with Gasteiger partial charge >= 0.3 is 5.97 Å². The van der Waals surface area contributed by atoms with Crippen LogP contribution in [0.3, 0.4) is 0 Å². The van der Waals surface area contributed by atoms with Crippen molar-refractivity contribution in [1.29, 1.82) is 0 Å². The number of aryl methyl sites for hydroxylation is 1. The van der Waals surface area contributed by atoms with Gasteiger partial charge in [0.15, 0.2) is 0 Å². The van der Waals surface area contributed by atoms with Crippen molar-refractivity contribution in [2.45, 2.75) is 31.1 Å². The molecule has 1 aromatic carbocycles. The number of rotatable bonds is 8. The van der Waals surface area contributed by atoms with Gasteiger partial charge in [-0.15, -0.1) is 0 Å². The number of benzene rings is 1. The number of aliphatic hydroxyl groups excluding tert-OH is 1. The number of aromatic carboxylic acids is 1. The zero-order valence-corrected chi connectivity index (χ0v) is 12.1. The summed E-state index contributed by atoms with van der Waals surface area (Å²) in [6.07, 6.45) is 1.53. The Morgan fingerprint density at radius 2 is 2.00 bits per heavy atom. The number of carboxylic acids is 1. The van der Waals surface area contributed by atoms with Gasteiger partial charge in [-0.25, -0.2) is 17.9 Å². The van der Waals surface area contributed by atoms with Crippen molar-refractivity contribution < 1.29 is 23.4 Å². The van der Waals surface area contributed by atoms with Crippen LogP contribution in [-0.2, 0) is 16.4 Å². The van der Waals surface area contributed by atoms with E-state index in [4.69, 9.17) is 10.2 Å². The van der Waals surface area contributed by atoms with Crippen molar-refractivity contribution in [3.8, 4) is 0 Å². The SMILES string of the molecule is CCc1ccc(C(=O)O)cc1S(=O)(=O)NCCCCO. The van der Waals surface area contributed by atoms with Crippen molar-refractivity contribution in [3.63, 3.8) is 0 Å². The van der Waals surface area contributed by atoms with E-state index in [0.717, 1.165) is 0 Å². The van der Waals surface area contributed by atoms with Gasteiger partial charge in [-0.2, -0.15) is 0 Å². The van der Waals surface area contributed by atoms with Gasteiger partial charge < -0.3 is 10.2 Å². The minimum absolute atomic E-state index is 0.00361. The first-order valence-electron chi connectivity index (χ1n) is 6.39. The van der Waals surface area contributed by atoms with Gasteiger partial charge in [0.25, 0.3) is 0 Å². The van der Waals surface area contributed by atoms with Crippen LogP contribution in [0.4, 0.5) is 0 Å². The van der Waals surface area contributed by atoms with E-state index in [1.165, 1.54) is 18.2 Å². The molecule has 0 aliphatic heterocycles. The lowest BCUT2D eigenvalue weighted by Gasteiger charge is -2.11. The number of carbonyl (C=O) groups is 1. The molecule has 0 fully saturated rings. The van der Waals surface area contributed by atoms with Crippen LogP contribution in [0.5, 0.6) is 0 Å². The van der Waals surface area contributed by atoms with Crippen molar-refractivity contribution in [1.82, 2.24) is 4.72 Å². The summed E-state index contributed by atoms with van der Waals surface area (Å²) in [6.45, 7) is 2.03. The minimum Gasteiger partial charge on any atom is -0.478 e. The van der Waals surface area contributed by atoms with Crippen molar-refractivity contribution >= 4 is 16.0 Å². The summed E-state index contributed by atoms with van der Waals surface area (Å²) >= 11 is 0. The van der Waals surface area contributed by atoms with E-state index in [9.17, 15) is 13.2 Å². The van der Waals surface area contributed by atoms with Gasteiger partial charge in [-0.05, 0) is 37.0 Å². The zero-order valence-electron chi connectivity index (χ0n) is 11.3. The van der Waals surface area contributed by atoms with E-state index < -0.39 is 16.0 Å². The number of aliphatic hydroxyl groups is 1. The summed E-state index contributed by atoms with van der Waals surface area (Å²) in [4.78, 5) is 10.9. The van der Waals surface area contributed by atoms with Gasteiger partial charge in [-0.1, -0.05) is 13.0 Å². The summed E-state index contributed by atoms with van der Waals surface area (Å²) in [7, 11) is -3.73. The highest BCUT2D eigenvalue weighted by molar-refractivity contribution is 7.89. The fourth-order valence-electron chi connectivity index (χ4n) is 1.75. The molecule has 0 saturated carbocycles. The van der Waals surface area contributed by atoms with Gasteiger partial charge in [-0.3, -0.25) is 0 Å². The van der Waals surface area contributed by atoms with Crippen LogP contribution in [0.15, 0.2) is 23.1 Å². The Balaban J connectivity index is 3.02. The van der Waals surface area contributed by atoms with Crippen molar-refractivity contribution in [2.75, 3.05) is 13.2 Å². The normalized spacial score (nSPS) is 11.5. The van der Waals surface area contributed by atoms with Crippen LogP contribution in [0, 0.1) is 0 Å². The first kappa shape index (κ1) is 16.6. The maximum absolute atomic E-state index is 12.2. The standard InChI is InChI=1S/C13H19NO5S/c1-2-10-5-6-11(13(16)17)9-12(10)20(18,19)14-7-3-4-8-15/h5-6,9,14-15H,2-4,7-8H2,1H3,(H,16,17). The first-order chi connectivity index (χ1) is 9.42. The summed E-state index contributed by atoms with van der Waals surface area (Å²) in [5.74, 6) is -1.16. The highest BCUT2D eigenvalue weighted by Crippen LogP contribution is 2.18. The average Bonchev–Trinajstić information content (AvgIpc) is 2.42. The molecule has 0 saturated heterocycles. The molecular formula is C13H19NO5S. The fraction of sp³-hybridized carbons (Fsp3) is 0.462. The Morgan fingerprint density at radius 1 is 1.30 bits per heavy atom. The molecule has 0 amide bonds. The number of carboxylic acid groups (broad SMARTS) is 1. The van der Waals surface area contributed by atoms with E-state index in [1.54, 1.807) is 6.92 Å². The molecule has 0 aromatic heterocycles. The Morgan fingerprint density at radius 3 is 2.55 bits per heavy atom. The molecule has 0 aliphatic rings. The van der Waals surface area contributed by atoms with Gasteiger partial charge in [0, 0.05) is 13.2 Å². The third kappa shape index (κ3) is 4.29. The molecule has 0 radical (unpaired) electrons. The molecular weight excluding hydrogens is 282 g/mol. The average molecular weight is 301 g/mol. The van der Waals surface area contributed by atoms with Crippen LogP contribution in [0.1, 0.15) is 35.7 Å². The quantitative estimate of drug-likeness (QED) is 0.621. The minimum atomic E-state index is -3.73. The molecule has 1 aromatic rings. The Bertz CT molecular complexity index is 568. The number of hydrogen-bond acceptors (Lipinski definition) is 4. The first-order valence-corrected chi connectivity index (χ1v) is 7.87. The zero-order chi connectivity index (χ0) is 15.2. The van der Waals surface area contributed by atoms with Gasteiger partial charge in [0.1, 0.15) is 0 Å². The molecule has 0 bridgehead atoms. The molecule has 0 aliphatic carbocycles. The molecule has 3 N–H and O–H groups in total. The predicted octanol–water partition coefficient (Wildman–Crippen LogP) is 0.998. The lowest BCUT2D eigenvalue weighted by Crippen LogP contribution is -2.26. The van der Waals surface area contributed by atoms with E-state index >= 15 is 0 Å². The monoisotopic (exact) mass is 301 g/mol. The maximum atomic E-state index is 12.2. The fourth-order valence-corrected chi connectivity index (χ4v) is 3.16. The predicted molar refractivity (Wildman–Crippen MR) is 74.3 cm³/mol. The van der Waals surface area contributed by atoms with E-state index in [2.05, 4.69) is 4.72 Å². The second kappa shape index (κ2) is 7.37. The summed E-state index contributed by atoms with van der Waals surface area (Å²) < 4.78 is 26.8. The van der Waals surface area contributed by atoms with Crippen LogP contribution < -0.4 is 4.72 Å². The van der Waals surface area contributed by atoms with Crippen molar-refractivity contribution in [3.05, 3.63) is 29.3 Å². The second-order valence-corrected chi connectivity index (χ2v) is 6.05. The molecule has 7 heteroatoms. The smallest absolute Gasteiger partial charge is 0.335 e. The molecule has 112 valence electrons. The second-order valence-electron chi connectivity index (χ2n) is 4.31. The molecule has 1 rings (SSSR count). The topological polar surface area (TPSA) is 104 Å². The number of unbranched alkanes of at least 4 members (excludes halogenated alkanes) is 1. The third-order valence-corrected chi connectivity index (χ3v) is 4.40. The molecule has 0 unspecified atom stereocenters. The highest BCUT2D eigenvalue weighted by Gasteiger charge is 2.19. The van der Waals surface area contributed by atoms with Crippen LogP contribution in [0.2, 0.25) is 0 Å². The maximum Gasteiger partial charge on any atom is 0.335 e. The molecule has 0 atom stereocenters. The van der Waals surface area contributed by atoms with E-state index in [-0.39, 0.29) is 23.6 Å². The summed E-state index contributed by atoms with van der Waals surface area (Å²) in [5, 5.41) is 17.6.